The maximum atomic E-state index is 12.9. The topological polar surface area (TPSA) is 119 Å². The predicted molar refractivity (Wildman–Crippen MR) is 98.9 cm³/mol. The lowest BCUT2D eigenvalue weighted by atomic mass is 9.94. The van der Waals surface area contributed by atoms with E-state index in [0.29, 0.717) is 11.5 Å². The van der Waals surface area contributed by atoms with Crippen LogP contribution >= 0.6 is 0 Å². The van der Waals surface area contributed by atoms with Crippen molar-refractivity contribution in [3.63, 3.8) is 0 Å². The molecule has 0 radical (unpaired) electrons. The number of para-hydroxylation sites is 2. The molecule has 4 rings (SSSR count). The van der Waals surface area contributed by atoms with Crippen LogP contribution in [-0.2, 0) is 0 Å². The molecule has 0 saturated carbocycles. The van der Waals surface area contributed by atoms with Crippen LogP contribution in [0.4, 0.5) is 11.4 Å². The van der Waals surface area contributed by atoms with Gasteiger partial charge >= 0.3 is 11.4 Å². The quantitative estimate of drug-likeness (QED) is 0.578. The van der Waals surface area contributed by atoms with Crippen molar-refractivity contribution in [1.82, 2.24) is 5.32 Å². The molecule has 0 bridgehead atoms. The number of nitrogens with one attached hydrogen (secondary N) is 1. The van der Waals surface area contributed by atoms with E-state index in [-0.39, 0.29) is 16.9 Å². The Morgan fingerprint density at radius 1 is 0.828 bits per heavy atom. The van der Waals surface area contributed by atoms with Gasteiger partial charge in [-0.15, -0.1) is 0 Å². The largest absolute Gasteiger partial charge is 0.457 e. The van der Waals surface area contributed by atoms with E-state index in [1.807, 2.05) is 36.4 Å². The Hall–Kier alpha value is -4.27. The highest BCUT2D eigenvalue weighted by molar-refractivity contribution is 5.96. The summed E-state index contributed by atoms with van der Waals surface area (Å²) in [6.45, 7) is 0. The maximum Gasteiger partial charge on any atom is 0.324 e. The van der Waals surface area contributed by atoms with Gasteiger partial charge in [-0.05, 0) is 12.1 Å². The molecule has 1 aliphatic heterocycles. The molecule has 0 aliphatic carbocycles. The van der Waals surface area contributed by atoms with E-state index in [4.69, 9.17) is 15.2 Å². The molecule has 1 aliphatic rings. The first-order chi connectivity index (χ1) is 13.9. The number of carbonyl (C=O) groups excluding carboxylic acids is 1. The average molecular weight is 393 g/mol. The SMILES string of the molecule is O=C(NC1c2ccccc2Oc2ccccc21)c1cc([N+](=O)O)cc([N+](=O)O)c1. The van der Waals surface area contributed by atoms with Gasteiger partial charge in [0.2, 0.25) is 0 Å². The highest BCUT2D eigenvalue weighted by atomic mass is 16.6. The Labute approximate surface area is 163 Å². The highest BCUT2D eigenvalue weighted by Gasteiger charge is 2.30. The van der Waals surface area contributed by atoms with Crippen molar-refractivity contribution in [2.75, 3.05) is 0 Å². The maximum absolute atomic E-state index is 12.9. The van der Waals surface area contributed by atoms with Gasteiger partial charge in [0.1, 0.15) is 17.6 Å². The van der Waals surface area contributed by atoms with Gasteiger partial charge in [0.25, 0.3) is 15.8 Å². The van der Waals surface area contributed by atoms with Crippen molar-refractivity contribution in [3.05, 3.63) is 93.2 Å². The van der Waals surface area contributed by atoms with Crippen LogP contribution < -0.4 is 10.1 Å². The lowest BCUT2D eigenvalue weighted by Gasteiger charge is -2.28. The summed E-state index contributed by atoms with van der Waals surface area (Å²) in [5.41, 5.74) is 0.613. The zero-order chi connectivity index (χ0) is 20.5. The summed E-state index contributed by atoms with van der Waals surface area (Å²) in [5.74, 6) is 0.564. The molecule has 1 heterocycles. The van der Waals surface area contributed by atoms with E-state index in [1.165, 1.54) is 0 Å². The Morgan fingerprint density at radius 3 is 1.79 bits per heavy atom. The molecule has 3 aromatic rings. The minimum Gasteiger partial charge on any atom is -0.457 e. The van der Waals surface area contributed by atoms with Crippen LogP contribution in [-0.4, -0.2) is 26.2 Å². The molecule has 9 heteroatoms. The minimum absolute atomic E-state index is 0.0937. The van der Waals surface area contributed by atoms with E-state index >= 15 is 0 Å². The third kappa shape index (κ3) is 3.36. The van der Waals surface area contributed by atoms with Crippen molar-refractivity contribution in [3.8, 4) is 11.5 Å². The Kier molecular flexibility index (Phi) is 4.40. The van der Waals surface area contributed by atoms with Gasteiger partial charge < -0.3 is 10.1 Å². The lowest BCUT2D eigenvalue weighted by Crippen LogP contribution is -2.31. The smallest absolute Gasteiger partial charge is 0.324 e. The summed E-state index contributed by atoms with van der Waals surface area (Å²) in [7, 11) is 0. The van der Waals surface area contributed by atoms with Gasteiger partial charge in [-0.2, -0.15) is 0 Å². The van der Waals surface area contributed by atoms with Crippen molar-refractivity contribution < 1.29 is 29.8 Å². The molecule has 0 spiro atoms. The van der Waals surface area contributed by atoms with Crippen LogP contribution in [0, 0.1) is 9.81 Å². The fourth-order valence-corrected chi connectivity index (χ4v) is 3.23. The number of carbonyl (C=O) groups is 1. The summed E-state index contributed by atoms with van der Waals surface area (Å²) in [6.07, 6.45) is 0. The van der Waals surface area contributed by atoms with Crippen LogP contribution in [0.1, 0.15) is 27.5 Å². The van der Waals surface area contributed by atoms with E-state index in [2.05, 4.69) is 5.32 Å². The minimum atomic E-state index is -0.617. The highest BCUT2D eigenvalue weighted by Crippen LogP contribution is 2.42. The van der Waals surface area contributed by atoms with Gasteiger partial charge in [0, 0.05) is 23.3 Å². The van der Waals surface area contributed by atoms with Crippen LogP contribution in [0.2, 0.25) is 0 Å². The zero-order valence-electron chi connectivity index (χ0n) is 14.9. The third-order valence-electron chi connectivity index (χ3n) is 4.56. The summed E-state index contributed by atoms with van der Waals surface area (Å²) >= 11 is 0. The Balaban J connectivity index is 1.74. The molecule has 29 heavy (non-hydrogen) atoms. The molecule has 3 N–H and O–H groups in total. The Bertz CT molecular complexity index is 1080. The first-order valence-electron chi connectivity index (χ1n) is 8.58. The number of ether oxygens (including phenoxy) is 1. The summed E-state index contributed by atoms with van der Waals surface area (Å²) in [4.78, 5) is 34.4. The predicted octanol–water partition coefficient (Wildman–Crippen LogP) is 3.91. The van der Waals surface area contributed by atoms with Gasteiger partial charge in [-0.3, -0.25) is 4.79 Å². The first kappa shape index (κ1) is 18.1. The van der Waals surface area contributed by atoms with Gasteiger partial charge in [-0.25, -0.2) is 10.4 Å². The van der Waals surface area contributed by atoms with Gasteiger partial charge in [0.05, 0.1) is 21.4 Å². The van der Waals surface area contributed by atoms with Crippen molar-refractivity contribution in [1.29, 1.82) is 0 Å². The third-order valence-corrected chi connectivity index (χ3v) is 4.56. The molecule has 0 unspecified atom stereocenters. The molecule has 0 saturated heterocycles. The molecule has 0 fully saturated rings. The number of hydrogen-bond donors (Lipinski definition) is 3. The van der Waals surface area contributed by atoms with Crippen LogP contribution in [0.25, 0.3) is 0 Å². The van der Waals surface area contributed by atoms with Crippen LogP contribution in [0.5, 0.6) is 11.5 Å². The standard InChI is InChI=1S/C20H14N3O6/c24-20(12-9-13(22(25)26)11-14(10-12)23(27)28)21-19-15-5-1-3-7-17(15)29-18-8-4-2-6-16(18)19/h1-11,19H,(H2-,21,24,25,26,27,28)/q+1/p+1. The second-order valence-corrected chi connectivity index (χ2v) is 6.37. The number of rotatable bonds is 4. The molecule has 1 amide bonds. The first-order valence-corrected chi connectivity index (χ1v) is 8.58. The van der Waals surface area contributed by atoms with E-state index in [0.717, 1.165) is 29.3 Å². The van der Waals surface area contributed by atoms with Gasteiger partial charge in [-0.1, -0.05) is 36.4 Å². The molecule has 3 aromatic carbocycles. The fraction of sp³-hybridized carbons (Fsp3) is 0.0500. The number of hydrogen-bond acceptors (Lipinski definition) is 4. The summed E-state index contributed by atoms with van der Waals surface area (Å²) in [5, 5.41) is 21.1. The lowest BCUT2D eigenvalue weighted by molar-refractivity contribution is -0.735. The molecular weight excluding hydrogens is 378 g/mol. The second kappa shape index (κ2) is 7.04. The number of amides is 1. The van der Waals surface area contributed by atoms with Crippen LogP contribution in [0.3, 0.4) is 0 Å². The monoisotopic (exact) mass is 393 g/mol. The molecule has 0 atom stereocenters. The molecule has 9 nitrogen and oxygen atoms in total. The van der Waals surface area contributed by atoms with E-state index in [9.17, 15) is 14.6 Å². The van der Waals surface area contributed by atoms with Gasteiger partial charge in [0.15, 0.2) is 0 Å². The van der Waals surface area contributed by atoms with Crippen molar-refractivity contribution in [2.45, 2.75) is 6.04 Å². The summed E-state index contributed by atoms with van der Waals surface area (Å²) < 4.78 is 5.88. The molecule has 144 valence electrons. The fourth-order valence-electron chi connectivity index (χ4n) is 3.23. The summed E-state index contributed by atoms with van der Waals surface area (Å²) in [6, 6.07) is 17.1. The van der Waals surface area contributed by atoms with E-state index < -0.39 is 21.8 Å². The zero-order valence-corrected chi connectivity index (χ0v) is 14.9. The van der Waals surface area contributed by atoms with E-state index in [1.54, 1.807) is 12.1 Å². The normalized spacial score (nSPS) is 12.3. The molecular formula is C20H15N3O6+2. The Morgan fingerprint density at radius 2 is 1.31 bits per heavy atom. The average Bonchev–Trinajstić information content (AvgIpc) is 2.73. The number of fused-ring (bicyclic) bond motifs is 2. The van der Waals surface area contributed by atoms with Crippen LogP contribution in [0.15, 0.2) is 66.7 Å². The number of benzene rings is 3. The second-order valence-electron chi connectivity index (χ2n) is 6.37. The number of nitrogens with zero attached hydrogens (tertiary/aromatic N) is 2. The molecule has 0 aromatic heterocycles. The van der Waals surface area contributed by atoms with Crippen molar-refractivity contribution >= 4 is 17.3 Å². The van der Waals surface area contributed by atoms with Crippen molar-refractivity contribution in [2.24, 2.45) is 0 Å².